The molecule has 11 heteroatoms. The Morgan fingerprint density at radius 3 is 2.57 bits per heavy atom. The molecule has 1 amide bonds. The monoisotopic (exact) mass is 501 g/mol. The molecule has 0 aliphatic heterocycles. The van der Waals surface area contributed by atoms with Crippen LogP contribution in [0, 0.1) is 11.6 Å². The van der Waals surface area contributed by atoms with Gasteiger partial charge in [-0.05, 0) is 43.3 Å². The van der Waals surface area contributed by atoms with E-state index in [2.05, 4.69) is 4.98 Å². The zero-order valence-electron chi connectivity index (χ0n) is 18.8. The van der Waals surface area contributed by atoms with Crippen molar-refractivity contribution in [3.05, 3.63) is 88.0 Å². The Bertz CT molecular complexity index is 1610. The highest BCUT2D eigenvalue weighted by Crippen LogP contribution is 2.36. The van der Waals surface area contributed by atoms with E-state index in [-0.39, 0.29) is 28.9 Å². The van der Waals surface area contributed by atoms with Crippen LogP contribution in [0.5, 0.6) is 5.75 Å². The number of hydrogen-bond donors (Lipinski definition) is 2. The number of hydrogen-bond acceptors (Lipinski definition) is 5. The third-order valence-corrected chi connectivity index (χ3v) is 5.83. The fourth-order valence-corrected chi connectivity index (χ4v) is 4.35. The number of carbonyl (C=O) groups is 1. The predicted molar refractivity (Wildman–Crippen MR) is 127 cm³/mol. The van der Waals surface area contributed by atoms with Crippen LogP contribution in [0.25, 0.3) is 22.0 Å². The van der Waals surface area contributed by atoms with E-state index in [0.29, 0.717) is 29.3 Å². The number of benzene rings is 2. The Balaban J connectivity index is 2.09. The first-order valence-electron chi connectivity index (χ1n) is 10.5. The van der Waals surface area contributed by atoms with E-state index in [9.17, 15) is 26.8 Å². The number of nitrogens with zero attached hydrogens (tertiary/aromatic N) is 1. The van der Waals surface area contributed by atoms with E-state index in [1.807, 2.05) is 4.72 Å². The first-order chi connectivity index (χ1) is 16.6. The van der Waals surface area contributed by atoms with Crippen molar-refractivity contribution in [3.63, 3.8) is 0 Å². The molecule has 0 radical (unpaired) electrons. The van der Waals surface area contributed by atoms with Crippen molar-refractivity contribution >= 4 is 26.8 Å². The lowest BCUT2D eigenvalue weighted by Gasteiger charge is -2.13. The Labute approximate surface area is 199 Å². The van der Waals surface area contributed by atoms with E-state index in [1.165, 1.54) is 22.9 Å². The second-order valence-electron chi connectivity index (χ2n) is 7.77. The molecule has 8 nitrogen and oxygen atoms in total. The summed E-state index contributed by atoms with van der Waals surface area (Å²) in [5, 5.41) is 0.411. The zero-order valence-corrected chi connectivity index (χ0v) is 19.6. The number of aromatic nitrogens is 2. The molecule has 2 aromatic heterocycles. The largest absolute Gasteiger partial charge is 0.494 e. The van der Waals surface area contributed by atoms with E-state index in [4.69, 9.17) is 4.74 Å². The van der Waals surface area contributed by atoms with Gasteiger partial charge in [-0.2, -0.15) is 0 Å². The van der Waals surface area contributed by atoms with Gasteiger partial charge in [0.05, 0.1) is 19.4 Å². The zero-order chi connectivity index (χ0) is 25.3. The van der Waals surface area contributed by atoms with Crippen LogP contribution >= 0.6 is 0 Å². The van der Waals surface area contributed by atoms with Gasteiger partial charge in [-0.15, -0.1) is 0 Å². The van der Waals surface area contributed by atoms with E-state index in [1.54, 1.807) is 31.2 Å². The number of pyridine rings is 1. The number of fused-ring (bicyclic) bond motifs is 1. The van der Waals surface area contributed by atoms with Crippen molar-refractivity contribution in [2.75, 3.05) is 12.9 Å². The molecule has 4 aromatic rings. The fraction of sp³-hybridized carbons (Fsp3) is 0.167. The average Bonchev–Trinajstić information content (AvgIpc) is 3.08. The van der Waals surface area contributed by atoms with Crippen molar-refractivity contribution in [3.8, 4) is 16.9 Å². The second kappa shape index (κ2) is 9.34. The molecular weight excluding hydrogens is 480 g/mol. The summed E-state index contributed by atoms with van der Waals surface area (Å²) >= 11 is 0. The van der Waals surface area contributed by atoms with Gasteiger partial charge in [0, 0.05) is 39.9 Å². The third kappa shape index (κ3) is 4.94. The standard InChI is InChI=1S/C24H21F2N3O5S/c1-3-34-16-8-9-20-18(12-16)21(17-5-4-10-27-23(17)30)22(24(31)28-35(2,32)33)29(20)13-14-6-7-15(25)11-19(14)26/h4-12H,3,13H2,1-2H3,(H,27,30)(H,28,31). The number of sulfonamides is 1. The number of aromatic amines is 1. The lowest BCUT2D eigenvalue weighted by atomic mass is 10.0. The van der Waals surface area contributed by atoms with Gasteiger partial charge in [-0.3, -0.25) is 9.59 Å². The number of H-pyrrole nitrogens is 1. The molecule has 0 saturated carbocycles. The van der Waals surface area contributed by atoms with Crippen molar-refractivity contribution in [2.24, 2.45) is 0 Å². The molecular formula is C24H21F2N3O5S. The second-order valence-corrected chi connectivity index (χ2v) is 9.52. The van der Waals surface area contributed by atoms with Crippen LogP contribution in [-0.4, -0.2) is 36.7 Å². The maximum Gasteiger partial charge on any atom is 0.282 e. The first-order valence-corrected chi connectivity index (χ1v) is 12.4. The molecule has 0 atom stereocenters. The molecule has 2 N–H and O–H groups in total. The number of halogens is 2. The first kappa shape index (κ1) is 24.1. The summed E-state index contributed by atoms with van der Waals surface area (Å²) in [6.07, 6.45) is 2.24. The highest BCUT2D eigenvalue weighted by molar-refractivity contribution is 7.89. The van der Waals surface area contributed by atoms with E-state index < -0.39 is 33.1 Å². The topological polar surface area (TPSA) is 110 Å². The molecule has 0 aliphatic carbocycles. The number of ether oxygens (including phenoxy) is 1. The third-order valence-electron chi connectivity index (χ3n) is 5.27. The van der Waals surface area contributed by atoms with Gasteiger partial charge < -0.3 is 14.3 Å². The molecule has 35 heavy (non-hydrogen) atoms. The number of rotatable bonds is 7. The molecule has 0 bridgehead atoms. The molecule has 0 spiro atoms. The minimum absolute atomic E-state index is 0.0547. The molecule has 4 rings (SSSR count). The molecule has 0 unspecified atom stereocenters. The molecule has 0 aliphatic rings. The van der Waals surface area contributed by atoms with Gasteiger partial charge in [0.15, 0.2) is 0 Å². The Kier molecular flexibility index (Phi) is 6.44. The SMILES string of the molecule is CCOc1ccc2c(c1)c(-c1ccc[nH]c1=O)c(C(=O)NS(C)(=O)=O)n2Cc1ccc(F)cc1F. The number of amides is 1. The summed E-state index contributed by atoms with van der Waals surface area (Å²) in [5.74, 6) is -2.17. The molecule has 0 saturated heterocycles. The molecule has 0 fully saturated rings. The van der Waals surface area contributed by atoms with Crippen molar-refractivity contribution in [1.29, 1.82) is 0 Å². The lowest BCUT2D eigenvalue weighted by Crippen LogP contribution is -2.32. The molecule has 2 heterocycles. The summed E-state index contributed by atoms with van der Waals surface area (Å²) in [6.45, 7) is 1.91. The smallest absolute Gasteiger partial charge is 0.282 e. The fourth-order valence-electron chi connectivity index (χ4n) is 3.92. The van der Waals surface area contributed by atoms with Gasteiger partial charge in [-0.25, -0.2) is 21.9 Å². The maximum atomic E-state index is 14.6. The van der Waals surface area contributed by atoms with Gasteiger partial charge in [0.1, 0.15) is 23.1 Å². The summed E-state index contributed by atoms with van der Waals surface area (Å²) in [6, 6.07) is 11.0. The molecule has 182 valence electrons. The summed E-state index contributed by atoms with van der Waals surface area (Å²) < 4.78 is 60.8. The Morgan fingerprint density at radius 1 is 1.14 bits per heavy atom. The van der Waals surface area contributed by atoms with E-state index in [0.717, 1.165) is 12.3 Å². The highest BCUT2D eigenvalue weighted by Gasteiger charge is 2.28. The Morgan fingerprint density at radius 2 is 1.91 bits per heavy atom. The quantitative estimate of drug-likeness (QED) is 0.403. The lowest BCUT2D eigenvalue weighted by molar-refractivity contribution is 0.0974. The van der Waals surface area contributed by atoms with Gasteiger partial charge >= 0.3 is 0 Å². The summed E-state index contributed by atoms with van der Waals surface area (Å²) in [7, 11) is -3.99. The summed E-state index contributed by atoms with van der Waals surface area (Å²) in [5.41, 5.74) is 0.0117. The van der Waals surface area contributed by atoms with Crippen LogP contribution in [0.2, 0.25) is 0 Å². The van der Waals surface area contributed by atoms with Crippen LogP contribution in [-0.2, 0) is 16.6 Å². The van der Waals surface area contributed by atoms with E-state index >= 15 is 0 Å². The minimum Gasteiger partial charge on any atom is -0.494 e. The Hall–Kier alpha value is -3.99. The highest BCUT2D eigenvalue weighted by atomic mass is 32.2. The summed E-state index contributed by atoms with van der Waals surface area (Å²) in [4.78, 5) is 28.6. The number of carbonyl (C=O) groups excluding carboxylic acids is 1. The van der Waals surface area contributed by atoms with Crippen LogP contribution in [0.4, 0.5) is 8.78 Å². The van der Waals surface area contributed by atoms with Crippen LogP contribution in [0.15, 0.2) is 59.5 Å². The average molecular weight is 502 g/mol. The predicted octanol–water partition coefficient (Wildman–Crippen LogP) is 3.41. The molecule has 2 aromatic carbocycles. The number of nitrogens with one attached hydrogen (secondary N) is 2. The van der Waals surface area contributed by atoms with Crippen molar-refractivity contribution in [2.45, 2.75) is 13.5 Å². The van der Waals surface area contributed by atoms with Crippen LogP contribution in [0.3, 0.4) is 0 Å². The van der Waals surface area contributed by atoms with Crippen LogP contribution in [0.1, 0.15) is 23.0 Å². The van der Waals surface area contributed by atoms with Gasteiger partial charge in [0.25, 0.3) is 11.5 Å². The normalized spacial score (nSPS) is 11.5. The van der Waals surface area contributed by atoms with Crippen molar-refractivity contribution < 1.29 is 26.7 Å². The van der Waals surface area contributed by atoms with Crippen molar-refractivity contribution in [1.82, 2.24) is 14.3 Å². The van der Waals surface area contributed by atoms with Crippen LogP contribution < -0.4 is 15.0 Å². The minimum atomic E-state index is -3.99. The van der Waals surface area contributed by atoms with Gasteiger partial charge in [-0.1, -0.05) is 6.07 Å². The maximum absolute atomic E-state index is 14.6. The van der Waals surface area contributed by atoms with Gasteiger partial charge in [0.2, 0.25) is 10.0 Å².